The monoisotopic (exact) mass is 194 g/mol. The van der Waals surface area contributed by atoms with Gasteiger partial charge in [-0.05, 0) is 12.1 Å². The average molecular weight is 195 g/mol. The number of hydrogen-bond donors (Lipinski definition) is 0. The van der Waals surface area contributed by atoms with E-state index in [1.54, 1.807) is 11.3 Å². The Morgan fingerprint density at radius 3 is 2.58 bits per heavy atom. The molecule has 0 spiro atoms. The molecule has 2 aromatic rings. The van der Waals surface area contributed by atoms with Crippen molar-refractivity contribution in [2.24, 2.45) is 0 Å². The van der Waals surface area contributed by atoms with E-state index in [2.05, 4.69) is 11.2 Å². The lowest BCUT2D eigenvalue weighted by Gasteiger charge is -1.94. The molecule has 0 saturated heterocycles. The molecule has 1 nitrogen and oxygen atoms in total. The Morgan fingerprint density at radius 2 is 2.00 bits per heavy atom. The van der Waals surface area contributed by atoms with E-state index >= 15 is 0 Å². The van der Waals surface area contributed by atoms with Crippen molar-refractivity contribution in [2.75, 3.05) is 0 Å². The topological polar surface area (TPSA) is 12.9 Å². The first-order chi connectivity index (χ1) is 5.86. The largest absolute Gasteiger partial charge is 0.234 e. The summed E-state index contributed by atoms with van der Waals surface area (Å²) in [4.78, 5) is 4.07. The van der Waals surface area contributed by atoms with Crippen molar-refractivity contribution in [3.05, 3.63) is 40.9 Å². The molecule has 0 unspecified atom stereocenters. The summed E-state index contributed by atoms with van der Waals surface area (Å²) >= 11 is 7.32. The van der Waals surface area contributed by atoms with E-state index < -0.39 is 0 Å². The predicted octanol–water partition coefficient (Wildman–Crippen LogP) is 3.26. The molecule has 3 heteroatoms. The van der Waals surface area contributed by atoms with Gasteiger partial charge in [0.1, 0.15) is 11.2 Å². The van der Waals surface area contributed by atoms with Gasteiger partial charge in [-0.1, -0.05) is 23.7 Å². The summed E-state index contributed by atoms with van der Waals surface area (Å²) < 4.78 is 0. The highest BCUT2D eigenvalue weighted by molar-refractivity contribution is 7.13. The summed E-state index contributed by atoms with van der Waals surface area (Å²) in [6.07, 6.45) is 2.78. The third-order valence-corrected chi connectivity index (χ3v) is 2.51. The molecule has 2 rings (SSSR count). The highest BCUT2D eigenvalue weighted by Gasteiger charge is 1.98. The number of thiazole rings is 1. The number of halogens is 1. The fourth-order valence-corrected chi connectivity index (χ4v) is 1.64. The predicted molar refractivity (Wildman–Crippen MR) is 51.4 cm³/mol. The average Bonchev–Trinajstić information content (AvgIpc) is 2.58. The Labute approximate surface area is 79.7 Å². The van der Waals surface area contributed by atoms with Crippen molar-refractivity contribution in [3.8, 4) is 10.6 Å². The van der Waals surface area contributed by atoms with Crippen LogP contribution in [0.5, 0.6) is 0 Å². The zero-order valence-corrected chi connectivity index (χ0v) is 7.69. The van der Waals surface area contributed by atoms with Crippen molar-refractivity contribution in [3.63, 3.8) is 0 Å². The molecule has 0 N–H and O–H groups in total. The second-order valence-electron chi connectivity index (χ2n) is 2.29. The summed E-state index contributed by atoms with van der Waals surface area (Å²) in [5.41, 5.74) is 1.09. The lowest BCUT2D eigenvalue weighted by molar-refractivity contribution is 1.40. The molecule has 0 aliphatic heterocycles. The molecule has 1 aromatic heterocycles. The third-order valence-electron chi connectivity index (χ3n) is 1.48. The van der Waals surface area contributed by atoms with Crippen molar-refractivity contribution < 1.29 is 0 Å². The van der Waals surface area contributed by atoms with Crippen LogP contribution in [0.1, 0.15) is 0 Å². The molecule has 12 heavy (non-hydrogen) atoms. The van der Waals surface area contributed by atoms with Gasteiger partial charge in [0, 0.05) is 16.0 Å². The van der Waals surface area contributed by atoms with Crippen LogP contribution in [0, 0.1) is 6.20 Å². The fraction of sp³-hybridized carbons (Fsp3) is 0. The van der Waals surface area contributed by atoms with E-state index in [4.69, 9.17) is 11.6 Å². The van der Waals surface area contributed by atoms with Crippen molar-refractivity contribution in [2.45, 2.75) is 0 Å². The highest BCUT2D eigenvalue weighted by atomic mass is 35.5. The van der Waals surface area contributed by atoms with E-state index in [9.17, 15) is 0 Å². The molecular weight excluding hydrogens is 190 g/mol. The summed E-state index contributed by atoms with van der Waals surface area (Å²) in [5.74, 6) is 0. The fourth-order valence-electron chi connectivity index (χ4n) is 0.919. The van der Waals surface area contributed by atoms with E-state index in [1.165, 1.54) is 0 Å². The SMILES string of the molecule is Clc1ccc(-c2n[c]cs2)cc1. The van der Waals surface area contributed by atoms with E-state index in [0.717, 1.165) is 15.6 Å². The van der Waals surface area contributed by atoms with E-state index in [-0.39, 0.29) is 0 Å². The first kappa shape index (κ1) is 7.77. The van der Waals surface area contributed by atoms with Gasteiger partial charge >= 0.3 is 0 Å². The van der Waals surface area contributed by atoms with Crippen LogP contribution in [-0.2, 0) is 0 Å². The Kier molecular flexibility index (Phi) is 2.11. The molecule has 1 heterocycles. The summed E-state index contributed by atoms with van der Waals surface area (Å²) in [5, 5.41) is 3.56. The van der Waals surface area contributed by atoms with Crippen LogP contribution in [0.2, 0.25) is 5.02 Å². The lowest BCUT2D eigenvalue weighted by Crippen LogP contribution is -1.73. The molecule has 0 fully saturated rings. The zero-order chi connectivity index (χ0) is 8.39. The van der Waals surface area contributed by atoms with Gasteiger partial charge in [-0.3, -0.25) is 0 Å². The molecule has 0 saturated carbocycles. The van der Waals surface area contributed by atoms with Crippen LogP contribution in [0.4, 0.5) is 0 Å². The number of nitrogens with zero attached hydrogens (tertiary/aromatic N) is 1. The molecule has 0 aliphatic carbocycles. The molecule has 0 bridgehead atoms. The minimum Gasteiger partial charge on any atom is -0.234 e. The van der Waals surface area contributed by atoms with Gasteiger partial charge in [-0.25, -0.2) is 4.98 Å². The maximum absolute atomic E-state index is 5.75. The van der Waals surface area contributed by atoms with Gasteiger partial charge < -0.3 is 0 Å². The Morgan fingerprint density at radius 1 is 1.25 bits per heavy atom. The normalized spacial score (nSPS) is 10.1. The van der Waals surface area contributed by atoms with Gasteiger partial charge in [0.15, 0.2) is 0 Å². The number of hydrogen-bond acceptors (Lipinski definition) is 2. The standard InChI is InChI=1S/C9H5ClNS/c10-8-3-1-7(2-4-8)9-11-5-6-12-9/h1-4,6H. The van der Waals surface area contributed by atoms with Gasteiger partial charge in [-0.15, -0.1) is 11.3 Å². The third kappa shape index (κ3) is 1.49. The van der Waals surface area contributed by atoms with Crippen LogP contribution in [0.15, 0.2) is 29.6 Å². The maximum Gasteiger partial charge on any atom is 0.124 e. The Balaban J connectivity index is 2.43. The highest BCUT2D eigenvalue weighted by Crippen LogP contribution is 2.22. The molecular formula is C9H5ClNS. The van der Waals surface area contributed by atoms with E-state index in [0.29, 0.717) is 0 Å². The zero-order valence-electron chi connectivity index (χ0n) is 6.12. The number of rotatable bonds is 1. The molecule has 1 aromatic carbocycles. The maximum atomic E-state index is 5.75. The van der Waals surface area contributed by atoms with Crippen LogP contribution < -0.4 is 0 Å². The smallest absolute Gasteiger partial charge is 0.124 e. The first-order valence-corrected chi connectivity index (χ1v) is 4.69. The van der Waals surface area contributed by atoms with Gasteiger partial charge in [0.2, 0.25) is 0 Å². The van der Waals surface area contributed by atoms with Gasteiger partial charge in [-0.2, -0.15) is 0 Å². The molecule has 59 valence electrons. The Hall–Kier alpha value is -0.860. The second-order valence-corrected chi connectivity index (χ2v) is 3.58. The minimum atomic E-state index is 0.749. The second kappa shape index (κ2) is 3.25. The van der Waals surface area contributed by atoms with Crippen LogP contribution in [0.25, 0.3) is 10.6 Å². The van der Waals surface area contributed by atoms with Crippen LogP contribution in [0.3, 0.4) is 0 Å². The van der Waals surface area contributed by atoms with Gasteiger partial charge in [0.05, 0.1) is 0 Å². The number of benzene rings is 1. The van der Waals surface area contributed by atoms with Crippen LogP contribution in [-0.4, -0.2) is 4.98 Å². The molecule has 0 aliphatic rings. The quantitative estimate of drug-likeness (QED) is 0.679. The summed E-state index contributed by atoms with van der Waals surface area (Å²) in [6, 6.07) is 7.63. The molecule has 0 atom stereocenters. The summed E-state index contributed by atoms with van der Waals surface area (Å²) in [7, 11) is 0. The minimum absolute atomic E-state index is 0.749. The molecule has 0 amide bonds. The van der Waals surface area contributed by atoms with Crippen LogP contribution >= 0.6 is 22.9 Å². The van der Waals surface area contributed by atoms with E-state index in [1.807, 2.05) is 29.6 Å². The number of aromatic nitrogens is 1. The first-order valence-electron chi connectivity index (χ1n) is 3.44. The van der Waals surface area contributed by atoms with Gasteiger partial charge in [0.25, 0.3) is 0 Å². The van der Waals surface area contributed by atoms with Crippen molar-refractivity contribution >= 4 is 22.9 Å². The lowest BCUT2D eigenvalue weighted by atomic mass is 10.2. The Bertz CT molecular complexity index is 353. The van der Waals surface area contributed by atoms with Crippen molar-refractivity contribution in [1.29, 1.82) is 0 Å². The van der Waals surface area contributed by atoms with Crippen molar-refractivity contribution in [1.82, 2.24) is 4.98 Å². The summed E-state index contributed by atoms with van der Waals surface area (Å²) in [6.45, 7) is 0. The molecule has 1 radical (unpaired) electrons.